The molecule has 0 heterocycles. The molecule has 4 heteroatoms. The lowest BCUT2D eigenvalue weighted by atomic mass is 10.0. The van der Waals surface area contributed by atoms with Gasteiger partial charge in [0.2, 0.25) is 0 Å². The summed E-state index contributed by atoms with van der Waals surface area (Å²) in [5.74, 6) is -1.45. The third-order valence-corrected chi connectivity index (χ3v) is 4.08. The van der Waals surface area contributed by atoms with Gasteiger partial charge in [0.15, 0.2) is 0 Å². The third-order valence-electron chi connectivity index (χ3n) is 4.08. The van der Waals surface area contributed by atoms with Gasteiger partial charge in [0, 0.05) is 11.6 Å². The molecule has 0 spiro atoms. The van der Waals surface area contributed by atoms with Crippen LogP contribution >= 0.6 is 0 Å². The van der Waals surface area contributed by atoms with Crippen molar-refractivity contribution in [2.24, 2.45) is 5.92 Å². The molecule has 4 nitrogen and oxygen atoms in total. The molecule has 0 saturated heterocycles. The molecule has 2 atom stereocenters. The molecule has 3 rings (SSSR count). The summed E-state index contributed by atoms with van der Waals surface area (Å²) >= 11 is 0. The maximum atomic E-state index is 12.2. The molecule has 0 fully saturated rings. The van der Waals surface area contributed by atoms with E-state index in [-0.39, 0.29) is 11.9 Å². The highest BCUT2D eigenvalue weighted by Crippen LogP contribution is 2.23. The molecular formula is C16H17NO3. The predicted molar refractivity (Wildman–Crippen MR) is 74.6 cm³/mol. The van der Waals surface area contributed by atoms with Gasteiger partial charge >= 0.3 is 5.97 Å². The summed E-state index contributed by atoms with van der Waals surface area (Å²) in [6.45, 7) is 0. The van der Waals surface area contributed by atoms with Gasteiger partial charge in [-0.05, 0) is 48.9 Å². The second-order valence-corrected chi connectivity index (χ2v) is 5.48. The van der Waals surface area contributed by atoms with E-state index in [0.29, 0.717) is 12.0 Å². The van der Waals surface area contributed by atoms with Crippen molar-refractivity contribution in [2.75, 3.05) is 0 Å². The lowest BCUT2D eigenvalue weighted by Gasteiger charge is -2.12. The van der Waals surface area contributed by atoms with Crippen molar-refractivity contribution in [3.8, 4) is 0 Å². The first-order valence-electron chi connectivity index (χ1n) is 6.97. The third kappa shape index (κ3) is 2.46. The second-order valence-electron chi connectivity index (χ2n) is 5.48. The summed E-state index contributed by atoms with van der Waals surface area (Å²) in [7, 11) is 0. The van der Waals surface area contributed by atoms with Crippen LogP contribution in [0.2, 0.25) is 0 Å². The number of hydrogen-bond donors (Lipinski definition) is 2. The van der Waals surface area contributed by atoms with Crippen LogP contribution in [0.25, 0.3) is 0 Å². The van der Waals surface area contributed by atoms with Gasteiger partial charge in [-0.3, -0.25) is 9.59 Å². The van der Waals surface area contributed by atoms with Crippen LogP contribution in [0.5, 0.6) is 0 Å². The zero-order chi connectivity index (χ0) is 14.1. The summed E-state index contributed by atoms with van der Waals surface area (Å²) in [6, 6.07) is 5.66. The van der Waals surface area contributed by atoms with Crippen molar-refractivity contribution in [2.45, 2.75) is 31.7 Å². The number of carbonyl (C=O) groups excluding carboxylic acids is 1. The largest absolute Gasteiger partial charge is 0.481 e. The van der Waals surface area contributed by atoms with Crippen molar-refractivity contribution in [1.29, 1.82) is 0 Å². The average Bonchev–Trinajstić information content (AvgIpc) is 3.05. The fourth-order valence-electron chi connectivity index (χ4n) is 2.95. The minimum absolute atomic E-state index is 0.125. The molecule has 1 amide bonds. The molecule has 0 aromatic heterocycles. The summed E-state index contributed by atoms with van der Waals surface area (Å²) in [5.41, 5.74) is 3.27. The summed E-state index contributed by atoms with van der Waals surface area (Å²) in [6.07, 6.45) is 7.15. The first kappa shape index (κ1) is 12.9. The molecule has 0 saturated carbocycles. The molecule has 0 radical (unpaired) electrons. The van der Waals surface area contributed by atoms with E-state index in [1.807, 2.05) is 18.2 Å². The number of benzene rings is 1. The molecule has 1 aromatic carbocycles. The molecule has 2 unspecified atom stereocenters. The first-order valence-corrected chi connectivity index (χ1v) is 6.97. The van der Waals surface area contributed by atoms with Crippen molar-refractivity contribution >= 4 is 11.9 Å². The molecule has 0 bridgehead atoms. The Kier molecular flexibility index (Phi) is 3.30. The minimum Gasteiger partial charge on any atom is -0.481 e. The predicted octanol–water partition coefficient (Wildman–Crippen LogP) is 1.93. The van der Waals surface area contributed by atoms with Crippen LogP contribution in [0, 0.1) is 5.92 Å². The van der Waals surface area contributed by atoms with E-state index < -0.39 is 11.9 Å². The van der Waals surface area contributed by atoms with Gasteiger partial charge in [-0.25, -0.2) is 0 Å². The topological polar surface area (TPSA) is 66.4 Å². The van der Waals surface area contributed by atoms with Crippen LogP contribution in [0.1, 0.15) is 34.3 Å². The van der Waals surface area contributed by atoms with Crippen molar-refractivity contribution in [3.05, 3.63) is 47.0 Å². The van der Waals surface area contributed by atoms with E-state index in [2.05, 4.69) is 5.32 Å². The Hall–Kier alpha value is -2.10. The number of carboxylic acids is 1. The Morgan fingerprint density at radius 1 is 1.15 bits per heavy atom. The molecule has 1 aromatic rings. The van der Waals surface area contributed by atoms with Crippen molar-refractivity contribution in [3.63, 3.8) is 0 Å². The van der Waals surface area contributed by atoms with Crippen LogP contribution in [-0.4, -0.2) is 23.0 Å². The normalized spacial score (nSPS) is 23.6. The highest BCUT2D eigenvalue weighted by Gasteiger charge is 2.25. The summed E-state index contributed by atoms with van der Waals surface area (Å²) in [4.78, 5) is 23.1. The highest BCUT2D eigenvalue weighted by molar-refractivity contribution is 5.95. The first-order chi connectivity index (χ1) is 9.63. The molecular weight excluding hydrogens is 254 g/mol. The second kappa shape index (κ2) is 5.12. The maximum Gasteiger partial charge on any atom is 0.310 e. The fraction of sp³-hybridized carbons (Fsp3) is 0.375. The molecule has 2 aliphatic rings. The average molecular weight is 271 g/mol. The van der Waals surface area contributed by atoms with Crippen LogP contribution in [0.3, 0.4) is 0 Å². The van der Waals surface area contributed by atoms with Gasteiger partial charge in [-0.15, -0.1) is 0 Å². The number of nitrogens with one attached hydrogen (secondary N) is 1. The molecule has 104 valence electrons. The van der Waals surface area contributed by atoms with Gasteiger partial charge in [0.1, 0.15) is 0 Å². The monoisotopic (exact) mass is 271 g/mol. The molecule has 2 N–H and O–H groups in total. The number of carboxylic acid groups (broad SMARTS) is 1. The van der Waals surface area contributed by atoms with E-state index in [0.717, 1.165) is 19.3 Å². The zero-order valence-corrected chi connectivity index (χ0v) is 11.1. The number of fused-ring (bicyclic) bond motifs is 1. The lowest BCUT2D eigenvalue weighted by molar-refractivity contribution is -0.140. The Labute approximate surface area is 117 Å². The molecule has 20 heavy (non-hydrogen) atoms. The van der Waals surface area contributed by atoms with E-state index in [9.17, 15) is 9.59 Å². The van der Waals surface area contributed by atoms with Gasteiger partial charge in [0.25, 0.3) is 5.91 Å². The van der Waals surface area contributed by atoms with Gasteiger partial charge in [-0.2, -0.15) is 0 Å². The number of hydrogen-bond acceptors (Lipinski definition) is 2. The number of aliphatic carboxylic acids is 1. The van der Waals surface area contributed by atoms with Gasteiger partial charge in [0.05, 0.1) is 5.92 Å². The number of rotatable bonds is 3. The Morgan fingerprint density at radius 2 is 1.95 bits per heavy atom. The number of carbonyl (C=O) groups is 2. The van der Waals surface area contributed by atoms with Crippen LogP contribution < -0.4 is 5.32 Å². The maximum absolute atomic E-state index is 12.2. The smallest absolute Gasteiger partial charge is 0.310 e. The minimum atomic E-state index is -0.837. The Morgan fingerprint density at radius 3 is 2.70 bits per heavy atom. The Balaban J connectivity index is 1.66. The van der Waals surface area contributed by atoms with Crippen LogP contribution in [-0.2, 0) is 17.6 Å². The van der Waals surface area contributed by atoms with E-state index in [4.69, 9.17) is 5.11 Å². The van der Waals surface area contributed by atoms with E-state index in [1.54, 1.807) is 12.2 Å². The molecule has 2 aliphatic carbocycles. The quantitative estimate of drug-likeness (QED) is 0.826. The van der Waals surface area contributed by atoms with Crippen LogP contribution in [0.4, 0.5) is 0 Å². The lowest BCUT2D eigenvalue weighted by Crippen LogP contribution is -2.33. The van der Waals surface area contributed by atoms with Crippen molar-refractivity contribution < 1.29 is 14.7 Å². The standard InChI is InChI=1S/C16H17NO3/c18-15(17-14-7-6-13(9-14)16(19)20)12-5-4-10-2-1-3-11(10)8-12/h4-8,13-14H,1-3,9H2,(H,17,18)(H,19,20). The molecule has 0 aliphatic heterocycles. The van der Waals surface area contributed by atoms with Gasteiger partial charge in [-0.1, -0.05) is 18.2 Å². The van der Waals surface area contributed by atoms with Crippen LogP contribution in [0.15, 0.2) is 30.4 Å². The zero-order valence-electron chi connectivity index (χ0n) is 11.1. The Bertz CT molecular complexity index is 591. The highest BCUT2D eigenvalue weighted by atomic mass is 16.4. The van der Waals surface area contributed by atoms with Gasteiger partial charge < -0.3 is 10.4 Å². The SMILES string of the molecule is O=C(NC1C=CC(C(=O)O)C1)c1ccc2c(c1)CCC2. The number of aryl methyl sites for hydroxylation is 2. The number of amides is 1. The van der Waals surface area contributed by atoms with Crippen molar-refractivity contribution in [1.82, 2.24) is 5.32 Å². The fourth-order valence-corrected chi connectivity index (χ4v) is 2.95. The summed E-state index contributed by atoms with van der Waals surface area (Å²) < 4.78 is 0. The van der Waals surface area contributed by atoms with E-state index in [1.165, 1.54) is 11.1 Å². The summed E-state index contributed by atoms with van der Waals surface area (Å²) in [5, 5.41) is 11.8. The van der Waals surface area contributed by atoms with E-state index >= 15 is 0 Å².